The van der Waals surface area contributed by atoms with Gasteiger partial charge in [0, 0.05) is 11.8 Å². The van der Waals surface area contributed by atoms with E-state index in [9.17, 15) is 4.39 Å². The van der Waals surface area contributed by atoms with Gasteiger partial charge >= 0.3 is 0 Å². The summed E-state index contributed by atoms with van der Waals surface area (Å²) in [4.78, 5) is 12.5. The summed E-state index contributed by atoms with van der Waals surface area (Å²) >= 11 is 0. The molecule has 0 aliphatic rings. The number of hydrogen-bond acceptors (Lipinski definition) is 4. The monoisotopic (exact) mass is 246 g/mol. The van der Waals surface area contributed by atoms with Crippen molar-refractivity contribution in [1.29, 1.82) is 0 Å². The minimum absolute atomic E-state index is 0.384. The van der Waals surface area contributed by atoms with E-state index in [4.69, 9.17) is 5.73 Å². The van der Waals surface area contributed by atoms with Gasteiger partial charge < -0.3 is 5.73 Å². The molecule has 0 aromatic carbocycles. The first-order valence-corrected chi connectivity index (χ1v) is 5.80. The molecule has 0 saturated heterocycles. The molecule has 18 heavy (non-hydrogen) atoms. The van der Waals surface area contributed by atoms with Crippen LogP contribution < -0.4 is 5.73 Å². The van der Waals surface area contributed by atoms with Gasteiger partial charge in [0.1, 0.15) is 17.3 Å². The van der Waals surface area contributed by atoms with Gasteiger partial charge in [-0.3, -0.25) is 0 Å². The van der Waals surface area contributed by atoms with Gasteiger partial charge in [-0.1, -0.05) is 13.8 Å². The first kappa shape index (κ1) is 12.4. The van der Waals surface area contributed by atoms with E-state index < -0.39 is 0 Å². The number of hydrogen-bond donors (Lipinski definition) is 1. The Labute approximate surface area is 105 Å². The fraction of sp³-hybridized carbons (Fsp3) is 0.308. The molecule has 4 nitrogen and oxygen atoms in total. The molecule has 0 aliphatic heterocycles. The van der Waals surface area contributed by atoms with Crippen molar-refractivity contribution in [3.05, 3.63) is 35.9 Å². The van der Waals surface area contributed by atoms with Crippen LogP contribution in [0.4, 0.5) is 10.2 Å². The van der Waals surface area contributed by atoms with Crippen LogP contribution in [0.5, 0.6) is 0 Å². The topological polar surface area (TPSA) is 64.7 Å². The summed E-state index contributed by atoms with van der Waals surface area (Å²) in [7, 11) is 0. The molecule has 2 N–H and O–H groups in total. The van der Waals surface area contributed by atoms with Crippen LogP contribution in [0.1, 0.15) is 19.5 Å². The predicted octanol–water partition coefficient (Wildman–Crippen LogP) is 2.46. The van der Waals surface area contributed by atoms with Gasteiger partial charge in [-0.2, -0.15) is 0 Å². The van der Waals surface area contributed by atoms with Crippen LogP contribution in [0.15, 0.2) is 24.4 Å². The van der Waals surface area contributed by atoms with Gasteiger partial charge in [0.25, 0.3) is 0 Å². The molecule has 0 saturated carbocycles. The minimum atomic E-state index is -0.384. The van der Waals surface area contributed by atoms with Crippen molar-refractivity contribution >= 4 is 5.82 Å². The molecule has 0 amide bonds. The van der Waals surface area contributed by atoms with Gasteiger partial charge in [0.05, 0.1) is 6.20 Å². The summed E-state index contributed by atoms with van der Waals surface area (Å²) < 4.78 is 12.8. The molecule has 94 valence electrons. The highest BCUT2D eigenvalue weighted by Gasteiger charge is 2.08. The maximum atomic E-state index is 12.8. The Bertz CT molecular complexity index is 537. The Hall–Kier alpha value is -2.04. The maximum absolute atomic E-state index is 12.8. The van der Waals surface area contributed by atoms with E-state index in [2.05, 4.69) is 28.8 Å². The van der Waals surface area contributed by atoms with Gasteiger partial charge in [0.2, 0.25) is 0 Å². The molecular formula is C13H15FN4. The molecule has 5 heteroatoms. The molecule has 0 aliphatic carbocycles. The van der Waals surface area contributed by atoms with Crippen LogP contribution in [0.25, 0.3) is 11.5 Å². The van der Waals surface area contributed by atoms with Gasteiger partial charge in [-0.05, 0) is 24.5 Å². The summed E-state index contributed by atoms with van der Waals surface area (Å²) in [6, 6.07) is 4.63. The predicted molar refractivity (Wildman–Crippen MR) is 68.2 cm³/mol. The van der Waals surface area contributed by atoms with E-state index >= 15 is 0 Å². The number of nitrogens with zero attached hydrogens (tertiary/aromatic N) is 3. The zero-order chi connectivity index (χ0) is 13.1. The molecular weight excluding hydrogens is 231 g/mol. The lowest BCUT2D eigenvalue weighted by molar-refractivity contribution is 0.621. The van der Waals surface area contributed by atoms with E-state index in [1.165, 1.54) is 6.07 Å². The number of halogens is 1. The Morgan fingerprint density at radius 2 is 2.06 bits per heavy atom. The Morgan fingerprint density at radius 3 is 2.67 bits per heavy atom. The number of anilines is 1. The number of nitrogen functional groups attached to an aromatic ring is 1. The fourth-order valence-corrected chi connectivity index (χ4v) is 1.66. The second-order valence-electron chi connectivity index (χ2n) is 4.57. The second kappa shape index (κ2) is 5.08. The zero-order valence-electron chi connectivity index (χ0n) is 10.4. The molecule has 2 rings (SSSR count). The molecule has 0 fully saturated rings. The Kier molecular flexibility index (Phi) is 3.50. The van der Waals surface area contributed by atoms with Crippen molar-refractivity contribution in [3.63, 3.8) is 0 Å². The summed E-state index contributed by atoms with van der Waals surface area (Å²) in [6.07, 6.45) is 1.96. The third-order valence-corrected chi connectivity index (χ3v) is 2.37. The van der Waals surface area contributed by atoms with Crippen LogP contribution in [0.2, 0.25) is 0 Å². The highest BCUT2D eigenvalue weighted by molar-refractivity contribution is 5.51. The largest absolute Gasteiger partial charge is 0.384 e. The molecule has 0 spiro atoms. The minimum Gasteiger partial charge on any atom is -0.384 e. The summed E-state index contributed by atoms with van der Waals surface area (Å²) in [5.41, 5.74) is 7.15. The van der Waals surface area contributed by atoms with E-state index in [1.54, 1.807) is 12.1 Å². The summed E-state index contributed by atoms with van der Waals surface area (Å²) in [6.45, 7) is 4.21. The van der Waals surface area contributed by atoms with Crippen molar-refractivity contribution in [1.82, 2.24) is 15.0 Å². The molecule has 0 unspecified atom stereocenters. The molecule has 0 bridgehead atoms. The highest BCUT2D eigenvalue weighted by atomic mass is 19.1. The van der Waals surface area contributed by atoms with Gasteiger partial charge in [-0.25, -0.2) is 19.3 Å². The van der Waals surface area contributed by atoms with Crippen molar-refractivity contribution in [3.8, 4) is 11.5 Å². The van der Waals surface area contributed by atoms with Crippen molar-refractivity contribution in [2.24, 2.45) is 5.92 Å². The zero-order valence-corrected chi connectivity index (χ0v) is 10.4. The first-order chi connectivity index (χ1) is 8.54. The molecule has 2 aromatic heterocycles. The van der Waals surface area contributed by atoms with E-state index in [-0.39, 0.29) is 5.82 Å². The SMILES string of the molecule is CC(C)Cc1cc(N)nc(-c2ccc(F)cn2)n1. The summed E-state index contributed by atoms with van der Waals surface area (Å²) in [5, 5.41) is 0. The van der Waals surface area contributed by atoms with Crippen molar-refractivity contribution < 1.29 is 4.39 Å². The standard InChI is InChI=1S/C13H15FN4/c1-8(2)5-10-6-12(15)18-13(17-10)11-4-3-9(14)7-16-11/h3-4,6-8H,5H2,1-2H3,(H2,15,17,18). The van der Waals surface area contributed by atoms with E-state index in [0.717, 1.165) is 18.3 Å². The van der Waals surface area contributed by atoms with E-state index in [1.807, 2.05) is 0 Å². The lowest BCUT2D eigenvalue weighted by Gasteiger charge is -2.07. The summed E-state index contributed by atoms with van der Waals surface area (Å²) in [5.74, 6) is 0.936. The lowest BCUT2D eigenvalue weighted by atomic mass is 10.1. The normalized spacial score (nSPS) is 10.9. The van der Waals surface area contributed by atoms with E-state index in [0.29, 0.717) is 23.3 Å². The molecule has 0 radical (unpaired) electrons. The Balaban J connectivity index is 2.38. The Morgan fingerprint density at radius 1 is 1.28 bits per heavy atom. The number of pyridine rings is 1. The van der Waals surface area contributed by atoms with Crippen LogP contribution in [-0.4, -0.2) is 15.0 Å². The van der Waals surface area contributed by atoms with Gasteiger partial charge in [-0.15, -0.1) is 0 Å². The van der Waals surface area contributed by atoms with Gasteiger partial charge in [0.15, 0.2) is 5.82 Å². The van der Waals surface area contributed by atoms with Crippen LogP contribution in [0.3, 0.4) is 0 Å². The first-order valence-electron chi connectivity index (χ1n) is 5.80. The number of aromatic nitrogens is 3. The smallest absolute Gasteiger partial charge is 0.180 e. The molecule has 0 atom stereocenters. The molecule has 2 heterocycles. The number of rotatable bonds is 3. The molecule has 2 aromatic rings. The van der Waals surface area contributed by atoms with Crippen molar-refractivity contribution in [2.75, 3.05) is 5.73 Å². The third-order valence-electron chi connectivity index (χ3n) is 2.37. The average Bonchev–Trinajstić information content (AvgIpc) is 2.28. The highest BCUT2D eigenvalue weighted by Crippen LogP contribution is 2.16. The quantitative estimate of drug-likeness (QED) is 0.903. The maximum Gasteiger partial charge on any atom is 0.180 e. The third kappa shape index (κ3) is 3.00. The lowest BCUT2D eigenvalue weighted by Crippen LogP contribution is -2.04. The number of nitrogens with two attached hydrogens (primary N) is 1. The average molecular weight is 246 g/mol. The van der Waals surface area contributed by atoms with Crippen LogP contribution >= 0.6 is 0 Å². The van der Waals surface area contributed by atoms with Crippen molar-refractivity contribution in [2.45, 2.75) is 20.3 Å². The van der Waals surface area contributed by atoms with Crippen LogP contribution in [0, 0.1) is 11.7 Å². The fourth-order valence-electron chi connectivity index (χ4n) is 1.66. The van der Waals surface area contributed by atoms with Crippen LogP contribution in [-0.2, 0) is 6.42 Å². The second-order valence-corrected chi connectivity index (χ2v) is 4.57.